The van der Waals surface area contributed by atoms with Gasteiger partial charge in [0.1, 0.15) is 23.6 Å². The van der Waals surface area contributed by atoms with Crippen molar-refractivity contribution in [1.29, 1.82) is 0 Å². The molecule has 1 aliphatic rings. The number of unbranched alkanes of at least 4 members (excludes halogenated alkanes) is 1. The molecule has 1 unspecified atom stereocenters. The number of phenols is 1. The molecular formula is C31H45N4O9PS. The number of benzene rings is 2. The summed E-state index contributed by atoms with van der Waals surface area (Å²) in [5.74, 6) is -4.07. The van der Waals surface area contributed by atoms with Crippen LogP contribution in [0.3, 0.4) is 0 Å². The Bertz CT molecular complexity index is 1480. The van der Waals surface area contributed by atoms with Gasteiger partial charge in [-0.2, -0.15) is 0 Å². The molecule has 0 bridgehead atoms. The Morgan fingerprint density at radius 2 is 1.54 bits per heavy atom. The number of sulfonamides is 1. The number of aromatic hydroxyl groups is 1. The molecular weight excluding hydrogens is 635 g/mol. The van der Waals surface area contributed by atoms with Crippen LogP contribution in [0.5, 0.6) is 5.75 Å². The maximum atomic E-state index is 14.3. The van der Waals surface area contributed by atoms with E-state index >= 15 is 0 Å². The number of hydrogen-bond acceptors (Lipinski definition) is 8. The fourth-order valence-corrected chi connectivity index (χ4v) is 8.94. The van der Waals surface area contributed by atoms with Gasteiger partial charge in [0.2, 0.25) is 29.2 Å². The quantitative estimate of drug-likeness (QED) is 0.0896. The number of hydrogen-bond donors (Lipinski definition) is 7. The van der Waals surface area contributed by atoms with Crippen LogP contribution in [0.25, 0.3) is 0 Å². The van der Waals surface area contributed by atoms with Crippen LogP contribution >= 0.6 is 7.37 Å². The predicted molar refractivity (Wildman–Crippen MR) is 174 cm³/mol. The van der Waals surface area contributed by atoms with Crippen LogP contribution in [0.1, 0.15) is 56.1 Å². The largest absolute Gasteiger partial charge is 0.508 e. The second-order valence-corrected chi connectivity index (χ2v) is 16.3. The van der Waals surface area contributed by atoms with Gasteiger partial charge in [-0.15, -0.1) is 0 Å². The van der Waals surface area contributed by atoms with Gasteiger partial charge < -0.3 is 31.5 Å². The van der Waals surface area contributed by atoms with Crippen molar-refractivity contribution in [3.8, 4) is 5.75 Å². The van der Waals surface area contributed by atoms with Gasteiger partial charge >= 0.3 is 5.97 Å². The number of carboxylic acid groups (broad SMARTS) is 1. The SMILES string of the molecule is CS(=O)(=O)N[C@@H](CCCCN)C(=O)N[C@@H](Cc1ccccc1)P(=O)(O)CC1(C(=O)N[C@@H](Cc2ccc(O)cc2)C(=O)O)CCCC1. The van der Waals surface area contributed by atoms with Crippen molar-refractivity contribution in [1.82, 2.24) is 15.4 Å². The molecule has 2 aromatic carbocycles. The molecule has 15 heteroatoms. The smallest absolute Gasteiger partial charge is 0.326 e. The summed E-state index contributed by atoms with van der Waals surface area (Å²) in [6.07, 6.45) is 3.05. The summed E-state index contributed by atoms with van der Waals surface area (Å²) in [4.78, 5) is 51.1. The van der Waals surface area contributed by atoms with Crippen LogP contribution in [-0.4, -0.2) is 78.1 Å². The third kappa shape index (κ3) is 11.2. The molecule has 2 amide bonds. The predicted octanol–water partition coefficient (Wildman–Crippen LogP) is 2.07. The Morgan fingerprint density at radius 1 is 0.935 bits per heavy atom. The number of carbonyl (C=O) groups excluding carboxylic acids is 2. The lowest BCUT2D eigenvalue weighted by Gasteiger charge is -2.34. The highest BCUT2D eigenvalue weighted by molar-refractivity contribution is 7.88. The van der Waals surface area contributed by atoms with Crippen molar-refractivity contribution in [3.63, 3.8) is 0 Å². The zero-order chi connectivity index (χ0) is 34.0. The van der Waals surface area contributed by atoms with E-state index in [-0.39, 0.29) is 37.9 Å². The van der Waals surface area contributed by atoms with Gasteiger partial charge in [-0.25, -0.2) is 17.9 Å². The molecule has 1 saturated carbocycles. The second kappa shape index (κ2) is 16.5. The standard InChI is InChI=1S/C31H45N4O9PS/c1-46(43,44)35-25(11-5-8-18-32)28(37)34-27(20-22-9-3-2-4-10-22)45(41,42)21-31(16-6-7-17-31)30(40)33-26(29(38)39)19-23-12-14-24(36)15-13-23/h2-4,9-10,12-15,25-27,35-36H,5-8,11,16-21,32H2,1H3,(H,33,40)(H,34,37)(H,38,39)(H,41,42)/t25-,26-,27+/m0/s1. The van der Waals surface area contributed by atoms with E-state index in [9.17, 15) is 42.5 Å². The van der Waals surface area contributed by atoms with Gasteiger partial charge in [0, 0.05) is 19.0 Å². The highest BCUT2D eigenvalue weighted by Gasteiger charge is 2.49. The first-order valence-corrected chi connectivity index (χ1v) is 19.1. The van der Waals surface area contributed by atoms with Crippen molar-refractivity contribution in [3.05, 3.63) is 65.7 Å². The molecule has 0 heterocycles. The van der Waals surface area contributed by atoms with Crippen LogP contribution in [0.15, 0.2) is 54.6 Å². The van der Waals surface area contributed by atoms with Gasteiger partial charge in [-0.05, 0) is 55.5 Å². The lowest BCUT2D eigenvalue weighted by Crippen LogP contribution is -2.52. The summed E-state index contributed by atoms with van der Waals surface area (Å²) in [6.45, 7) is 0.345. The Labute approximate surface area is 269 Å². The van der Waals surface area contributed by atoms with Crippen LogP contribution in [0.4, 0.5) is 0 Å². The van der Waals surface area contributed by atoms with Crippen molar-refractivity contribution in [2.45, 2.75) is 75.7 Å². The van der Waals surface area contributed by atoms with Crippen LogP contribution < -0.4 is 21.1 Å². The molecule has 0 radical (unpaired) electrons. The lowest BCUT2D eigenvalue weighted by molar-refractivity contribution is -0.143. The van der Waals surface area contributed by atoms with E-state index in [2.05, 4.69) is 15.4 Å². The van der Waals surface area contributed by atoms with E-state index < -0.39 is 64.6 Å². The minimum Gasteiger partial charge on any atom is -0.508 e. The molecule has 1 aliphatic carbocycles. The topological polar surface area (TPSA) is 225 Å². The Hall–Kier alpha value is -3.29. The molecule has 0 spiro atoms. The number of nitrogens with two attached hydrogens (primary N) is 1. The highest BCUT2D eigenvalue weighted by Crippen LogP contribution is 2.55. The minimum atomic E-state index is -4.42. The lowest BCUT2D eigenvalue weighted by atomic mass is 9.87. The first kappa shape index (κ1) is 37.2. The van der Waals surface area contributed by atoms with Crippen molar-refractivity contribution < 1.29 is 42.5 Å². The van der Waals surface area contributed by atoms with Gasteiger partial charge in [0.25, 0.3) is 0 Å². The normalized spacial score (nSPS) is 17.7. The number of amides is 2. The summed E-state index contributed by atoms with van der Waals surface area (Å²) < 4.78 is 40.7. The van der Waals surface area contributed by atoms with E-state index in [0.717, 1.165) is 6.26 Å². The van der Waals surface area contributed by atoms with Crippen molar-refractivity contribution in [2.24, 2.45) is 11.1 Å². The Kier molecular flexibility index (Phi) is 13.3. The molecule has 46 heavy (non-hydrogen) atoms. The number of aliphatic carboxylic acids is 1. The molecule has 3 rings (SSSR count). The average molecular weight is 681 g/mol. The first-order valence-electron chi connectivity index (χ1n) is 15.3. The van der Waals surface area contributed by atoms with Crippen molar-refractivity contribution in [2.75, 3.05) is 19.0 Å². The van der Waals surface area contributed by atoms with Gasteiger partial charge in [-0.1, -0.05) is 61.7 Å². The third-order valence-electron chi connectivity index (χ3n) is 8.24. The molecule has 0 saturated heterocycles. The second-order valence-electron chi connectivity index (χ2n) is 12.1. The molecule has 13 nitrogen and oxygen atoms in total. The number of phenolic OH excluding ortho intramolecular Hbond substituents is 1. The van der Waals surface area contributed by atoms with E-state index in [1.807, 2.05) is 0 Å². The number of rotatable bonds is 18. The average Bonchev–Trinajstić information content (AvgIpc) is 3.46. The summed E-state index contributed by atoms with van der Waals surface area (Å²) in [5, 5.41) is 24.6. The summed E-state index contributed by atoms with van der Waals surface area (Å²) in [7, 11) is -8.22. The number of nitrogens with one attached hydrogen (secondary N) is 3. The summed E-state index contributed by atoms with van der Waals surface area (Å²) in [6, 6.07) is 12.1. The van der Waals surface area contributed by atoms with Crippen LogP contribution in [0.2, 0.25) is 0 Å². The molecule has 0 aliphatic heterocycles. The molecule has 0 aromatic heterocycles. The zero-order valence-corrected chi connectivity index (χ0v) is 27.6. The Balaban J connectivity index is 1.88. The highest BCUT2D eigenvalue weighted by atomic mass is 32.2. The van der Waals surface area contributed by atoms with E-state index in [4.69, 9.17) is 5.73 Å². The molecule has 8 N–H and O–H groups in total. The van der Waals surface area contributed by atoms with Crippen LogP contribution in [0, 0.1) is 5.41 Å². The molecule has 4 atom stereocenters. The fraction of sp³-hybridized carbons (Fsp3) is 0.516. The molecule has 2 aromatic rings. The van der Waals surface area contributed by atoms with Gasteiger partial charge in [0.15, 0.2) is 0 Å². The maximum absolute atomic E-state index is 14.3. The summed E-state index contributed by atoms with van der Waals surface area (Å²) >= 11 is 0. The van der Waals surface area contributed by atoms with E-state index in [1.54, 1.807) is 42.5 Å². The number of carbonyl (C=O) groups is 3. The third-order valence-corrected chi connectivity index (χ3v) is 11.3. The minimum absolute atomic E-state index is 0.00870. The Morgan fingerprint density at radius 3 is 2.11 bits per heavy atom. The summed E-state index contributed by atoms with van der Waals surface area (Å²) in [5.41, 5.74) is 5.40. The maximum Gasteiger partial charge on any atom is 0.326 e. The zero-order valence-electron chi connectivity index (χ0n) is 25.9. The van der Waals surface area contributed by atoms with Crippen molar-refractivity contribution >= 4 is 35.2 Å². The molecule has 254 valence electrons. The molecule has 1 fully saturated rings. The first-order chi connectivity index (χ1) is 21.6. The van der Waals surface area contributed by atoms with Gasteiger partial charge in [-0.3, -0.25) is 14.2 Å². The van der Waals surface area contributed by atoms with E-state index in [1.165, 1.54) is 12.1 Å². The van der Waals surface area contributed by atoms with Gasteiger partial charge in [0.05, 0.1) is 11.7 Å². The monoisotopic (exact) mass is 680 g/mol. The van der Waals surface area contributed by atoms with Crippen LogP contribution in [-0.2, 0) is 41.8 Å². The van der Waals surface area contributed by atoms with E-state index in [0.29, 0.717) is 43.4 Å². The fourth-order valence-electron chi connectivity index (χ4n) is 5.82. The number of carboxylic acids is 1.